The molecule has 0 aliphatic heterocycles. The Morgan fingerprint density at radius 3 is 2.71 bits per heavy atom. The molecule has 0 aliphatic carbocycles. The molecule has 4 heteroatoms. The number of rotatable bonds is 7. The lowest BCUT2D eigenvalue weighted by Crippen LogP contribution is -2.25. The van der Waals surface area contributed by atoms with E-state index in [-0.39, 0.29) is 19.2 Å². The molecule has 0 amide bonds. The molecule has 0 heterocycles. The molecule has 2 rings (SSSR count). The van der Waals surface area contributed by atoms with Crippen LogP contribution in [0.4, 0.5) is 0 Å². The first-order chi connectivity index (χ1) is 10.2. The Morgan fingerprint density at radius 2 is 1.90 bits per heavy atom. The average Bonchev–Trinajstić information content (AvgIpc) is 2.51. The van der Waals surface area contributed by atoms with Gasteiger partial charge >= 0.3 is 5.97 Å². The molecule has 0 radical (unpaired) electrons. The highest BCUT2D eigenvalue weighted by Gasteiger charge is 2.10. The van der Waals surface area contributed by atoms with E-state index >= 15 is 0 Å². The summed E-state index contributed by atoms with van der Waals surface area (Å²) in [5, 5.41) is 11.9. The summed E-state index contributed by atoms with van der Waals surface area (Å²) in [4.78, 5) is 11.2. The van der Waals surface area contributed by atoms with Gasteiger partial charge in [-0.05, 0) is 17.9 Å². The third-order valence-corrected chi connectivity index (χ3v) is 3.07. The van der Waals surface area contributed by atoms with Gasteiger partial charge in [0, 0.05) is 11.8 Å². The van der Waals surface area contributed by atoms with Gasteiger partial charge in [-0.15, -0.1) is 0 Å². The van der Waals surface area contributed by atoms with E-state index in [0.717, 1.165) is 17.2 Å². The largest absolute Gasteiger partial charge is 0.490 e. The number of carbonyl (C=O) groups is 1. The summed E-state index contributed by atoms with van der Waals surface area (Å²) in [5.41, 5.74) is 0. The number of hydrogen-bond donors (Lipinski definition) is 1. The maximum Gasteiger partial charge on any atom is 0.305 e. The Balaban J connectivity index is 1.88. The Labute approximate surface area is 124 Å². The van der Waals surface area contributed by atoms with Crippen LogP contribution >= 0.6 is 0 Å². The van der Waals surface area contributed by atoms with Crippen molar-refractivity contribution >= 4 is 16.7 Å². The highest BCUT2D eigenvalue weighted by Crippen LogP contribution is 2.25. The lowest BCUT2D eigenvalue weighted by atomic mass is 10.1. The number of carbonyl (C=O) groups excluding carboxylic acids is 1. The van der Waals surface area contributed by atoms with E-state index in [1.165, 1.54) is 0 Å². The first kappa shape index (κ1) is 15.3. The number of aliphatic hydroxyl groups is 1. The maximum absolute atomic E-state index is 11.2. The van der Waals surface area contributed by atoms with Crippen molar-refractivity contribution in [2.75, 3.05) is 13.2 Å². The second-order valence-electron chi connectivity index (χ2n) is 4.88. The van der Waals surface area contributed by atoms with Crippen LogP contribution in [0.25, 0.3) is 10.8 Å². The van der Waals surface area contributed by atoms with E-state index in [0.29, 0.717) is 12.2 Å². The summed E-state index contributed by atoms with van der Waals surface area (Å²) in [6.45, 7) is 1.96. The Kier molecular flexibility index (Phi) is 5.58. The molecule has 2 aromatic rings. The van der Waals surface area contributed by atoms with E-state index in [1.807, 2.05) is 49.4 Å². The van der Waals surface area contributed by atoms with E-state index in [1.54, 1.807) is 0 Å². The molecule has 0 spiro atoms. The van der Waals surface area contributed by atoms with Crippen LogP contribution in [0.2, 0.25) is 0 Å². The van der Waals surface area contributed by atoms with E-state index in [9.17, 15) is 9.90 Å². The van der Waals surface area contributed by atoms with Crippen molar-refractivity contribution in [3.63, 3.8) is 0 Å². The van der Waals surface area contributed by atoms with Crippen LogP contribution in [0.5, 0.6) is 5.75 Å². The van der Waals surface area contributed by atoms with Gasteiger partial charge in [0.1, 0.15) is 25.1 Å². The zero-order valence-corrected chi connectivity index (χ0v) is 12.1. The van der Waals surface area contributed by atoms with E-state index < -0.39 is 6.10 Å². The Morgan fingerprint density at radius 1 is 1.14 bits per heavy atom. The predicted octanol–water partition coefficient (Wildman–Crippen LogP) is 2.92. The molecule has 0 unspecified atom stereocenters. The third kappa shape index (κ3) is 4.46. The molecular weight excluding hydrogens is 268 g/mol. The molecule has 0 aromatic heterocycles. The van der Waals surface area contributed by atoms with Crippen LogP contribution in [-0.4, -0.2) is 30.4 Å². The fraction of sp³-hybridized carbons (Fsp3) is 0.353. The number of hydrogen-bond acceptors (Lipinski definition) is 4. The van der Waals surface area contributed by atoms with Crippen LogP contribution in [0, 0.1) is 0 Å². The monoisotopic (exact) mass is 288 g/mol. The van der Waals surface area contributed by atoms with Crippen molar-refractivity contribution in [3.05, 3.63) is 42.5 Å². The molecule has 1 N–H and O–H groups in total. The molecule has 0 saturated carbocycles. The van der Waals surface area contributed by atoms with Gasteiger partial charge in [-0.3, -0.25) is 4.79 Å². The quantitative estimate of drug-likeness (QED) is 0.796. The molecular formula is C17H20O4. The summed E-state index contributed by atoms with van der Waals surface area (Å²) < 4.78 is 10.6. The zero-order chi connectivity index (χ0) is 15.1. The van der Waals surface area contributed by atoms with Crippen LogP contribution in [0.3, 0.4) is 0 Å². The van der Waals surface area contributed by atoms with Crippen LogP contribution in [0.15, 0.2) is 42.5 Å². The summed E-state index contributed by atoms with van der Waals surface area (Å²) in [7, 11) is 0. The number of fused-ring (bicyclic) bond motifs is 1. The second kappa shape index (κ2) is 7.64. The summed E-state index contributed by atoms with van der Waals surface area (Å²) in [6, 6.07) is 13.7. The van der Waals surface area contributed by atoms with E-state index in [4.69, 9.17) is 9.47 Å². The minimum Gasteiger partial charge on any atom is -0.490 e. The molecule has 0 saturated heterocycles. The van der Waals surface area contributed by atoms with Crippen molar-refractivity contribution in [1.82, 2.24) is 0 Å². The van der Waals surface area contributed by atoms with Crippen molar-refractivity contribution in [1.29, 1.82) is 0 Å². The second-order valence-corrected chi connectivity index (χ2v) is 4.88. The SMILES string of the molecule is CCCC(=O)OC[C@H](O)COc1cccc2ccccc12. The summed E-state index contributed by atoms with van der Waals surface area (Å²) in [5.74, 6) is 0.425. The molecule has 0 fully saturated rings. The lowest BCUT2D eigenvalue weighted by Gasteiger charge is -2.14. The molecule has 0 aliphatic rings. The number of aliphatic hydroxyl groups excluding tert-OH is 1. The number of esters is 1. The number of ether oxygens (including phenoxy) is 2. The fourth-order valence-corrected chi connectivity index (χ4v) is 2.02. The topological polar surface area (TPSA) is 55.8 Å². The summed E-state index contributed by atoms with van der Waals surface area (Å²) in [6.07, 6.45) is 0.281. The van der Waals surface area contributed by atoms with Gasteiger partial charge in [-0.1, -0.05) is 43.3 Å². The van der Waals surface area contributed by atoms with E-state index in [2.05, 4.69) is 0 Å². The van der Waals surface area contributed by atoms with Crippen molar-refractivity contribution in [2.45, 2.75) is 25.9 Å². The van der Waals surface area contributed by atoms with Gasteiger partial charge in [0.15, 0.2) is 0 Å². The Bertz CT molecular complexity index is 589. The summed E-state index contributed by atoms with van der Waals surface area (Å²) >= 11 is 0. The first-order valence-corrected chi connectivity index (χ1v) is 7.15. The highest BCUT2D eigenvalue weighted by atomic mass is 16.5. The van der Waals surface area contributed by atoms with Crippen LogP contribution in [0.1, 0.15) is 19.8 Å². The fourth-order valence-electron chi connectivity index (χ4n) is 2.02. The first-order valence-electron chi connectivity index (χ1n) is 7.15. The van der Waals surface area contributed by atoms with Gasteiger partial charge in [0.2, 0.25) is 0 Å². The average molecular weight is 288 g/mol. The Hall–Kier alpha value is -2.07. The van der Waals surface area contributed by atoms with Gasteiger partial charge in [-0.25, -0.2) is 0 Å². The van der Waals surface area contributed by atoms with Gasteiger partial charge in [0.25, 0.3) is 0 Å². The van der Waals surface area contributed by atoms with Crippen LogP contribution in [-0.2, 0) is 9.53 Å². The van der Waals surface area contributed by atoms with Crippen LogP contribution < -0.4 is 4.74 Å². The molecule has 1 atom stereocenters. The van der Waals surface area contributed by atoms with Crippen molar-refractivity contribution < 1.29 is 19.4 Å². The molecule has 0 bridgehead atoms. The minimum atomic E-state index is -0.829. The normalized spacial score (nSPS) is 12.1. The maximum atomic E-state index is 11.2. The van der Waals surface area contributed by atoms with Gasteiger partial charge in [0.05, 0.1) is 0 Å². The van der Waals surface area contributed by atoms with Gasteiger partial charge < -0.3 is 14.6 Å². The third-order valence-electron chi connectivity index (χ3n) is 3.07. The minimum absolute atomic E-state index is 0.0381. The molecule has 112 valence electrons. The highest BCUT2D eigenvalue weighted by molar-refractivity contribution is 5.88. The lowest BCUT2D eigenvalue weighted by molar-refractivity contribution is -0.147. The molecule has 2 aromatic carbocycles. The van der Waals surface area contributed by atoms with Gasteiger partial charge in [-0.2, -0.15) is 0 Å². The number of benzene rings is 2. The molecule has 21 heavy (non-hydrogen) atoms. The van der Waals surface area contributed by atoms with Crippen molar-refractivity contribution in [3.8, 4) is 5.75 Å². The zero-order valence-electron chi connectivity index (χ0n) is 12.1. The smallest absolute Gasteiger partial charge is 0.305 e. The van der Waals surface area contributed by atoms with Crippen molar-refractivity contribution in [2.24, 2.45) is 0 Å². The standard InChI is InChI=1S/C17H20O4/c1-2-6-17(19)21-12-14(18)11-20-16-10-5-8-13-7-3-4-9-15(13)16/h3-5,7-10,14,18H,2,6,11-12H2,1H3/t14-/m1/s1. The predicted molar refractivity (Wildman–Crippen MR) is 81.3 cm³/mol. The molecule has 4 nitrogen and oxygen atoms in total.